The third-order valence-corrected chi connectivity index (χ3v) is 4.63. The number of aliphatic hydroxyl groups is 1. The van der Waals surface area contributed by atoms with Crippen LogP contribution in [0, 0.1) is 6.92 Å². The Morgan fingerprint density at radius 1 is 1.64 bits per heavy atom. The summed E-state index contributed by atoms with van der Waals surface area (Å²) < 4.78 is 5.24. The minimum absolute atomic E-state index is 0.318. The summed E-state index contributed by atoms with van der Waals surface area (Å²) in [5.74, 6) is 0.956. The van der Waals surface area contributed by atoms with Crippen molar-refractivity contribution in [3.8, 4) is 0 Å². The number of hydrogen-bond acceptors (Lipinski definition) is 3. The molecular weight excluding hydrogens is 196 g/mol. The van der Waals surface area contributed by atoms with Gasteiger partial charge in [-0.25, -0.2) is 0 Å². The fraction of sp³-hybridized carbons (Fsp3) is 0.636. The van der Waals surface area contributed by atoms with Gasteiger partial charge >= 0.3 is 0 Å². The molecule has 1 aromatic rings. The van der Waals surface area contributed by atoms with Crippen LogP contribution in [0.25, 0.3) is 0 Å². The molecule has 2 nitrogen and oxygen atoms in total. The lowest BCUT2D eigenvalue weighted by Gasteiger charge is -2.24. The smallest absolute Gasteiger partial charge is 0.114 e. The maximum absolute atomic E-state index is 10.1. The van der Waals surface area contributed by atoms with Crippen LogP contribution in [0.4, 0.5) is 0 Å². The number of furan rings is 1. The molecule has 2 atom stereocenters. The van der Waals surface area contributed by atoms with Crippen molar-refractivity contribution in [2.75, 3.05) is 0 Å². The molecule has 2 rings (SSSR count). The van der Waals surface area contributed by atoms with Crippen LogP contribution < -0.4 is 0 Å². The van der Waals surface area contributed by atoms with Crippen LogP contribution in [0.5, 0.6) is 0 Å². The summed E-state index contributed by atoms with van der Waals surface area (Å²) >= 11 is 1.75. The van der Waals surface area contributed by atoms with Gasteiger partial charge in [0.2, 0.25) is 0 Å². The van der Waals surface area contributed by atoms with Crippen molar-refractivity contribution in [2.45, 2.75) is 48.9 Å². The van der Waals surface area contributed by atoms with E-state index in [4.69, 9.17) is 4.42 Å². The zero-order valence-corrected chi connectivity index (χ0v) is 9.43. The van der Waals surface area contributed by atoms with E-state index in [1.165, 1.54) is 0 Å². The van der Waals surface area contributed by atoms with Crippen molar-refractivity contribution in [1.29, 1.82) is 0 Å². The molecule has 1 aliphatic rings. The fourth-order valence-electron chi connectivity index (χ4n) is 1.95. The maximum Gasteiger partial charge on any atom is 0.114 e. The Hall–Kier alpha value is -0.410. The highest BCUT2D eigenvalue weighted by molar-refractivity contribution is 8.00. The van der Waals surface area contributed by atoms with E-state index in [0.29, 0.717) is 5.25 Å². The van der Waals surface area contributed by atoms with Crippen LogP contribution in [-0.2, 0) is 0 Å². The van der Waals surface area contributed by atoms with E-state index in [-0.39, 0.29) is 0 Å². The average Bonchev–Trinajstić information content (AvgIpc) is 2.62. The zero-order chi connectivity index (χ0) is 10.2. The van der Waals surface area contributed by atoms with Crippen LogP contribution in [0.1, 0.15) is 31.9 Å². The SMILES string of the molecule is Cc1occc1SC1CCCC1(C)O. The molecule has 0 bridgehead atoms. The third kappa shape index (κ3) is 1.84. The molecule has 0 saturated heterocycles. The molecule has 0 radical (unpaired) electrons. The molecular formula is C11H16O2S. The Morgan fingerprint density at radius 2 is 2.43 bits per heavy atom. The number of hydrogen-bond donors (Lipinski definition) is 1. The second-order valence-electron chi connectivity index (χ2n) is 4.20. The van der Waals surface area contributed by atoms with Crippen molar-refractivity contribution in [3.05, 3.63) is 18.1 Å². The molecule has 0 spiro atoms. The largest absolute Gasteiger partial charge is 0.468 e. The molecule has 2 unspecified atom stereocenters. The number of thioether (sulfide) groups is 1. The van der Waals surface area contributed by atoms with Crippen LogP contribution >= 0.6 is 11.8 Å². The van der Waals surface area contributed by atoms with Gasteiger partial charge in [0.1, 0.15) is 5.76 Å². The first-order valence-corrected chi connectivity index (χ1v) is 5.91. The Labute approximate surface area is 88.7 Å². The van der Waals surface area contributed by atoms with Gasteiger partial charge in [-0.15, -0.1) is 11.8 Å². The van der Waals surface area contributed by atoms with Crippen LogP contribution in [0.15, 0.2) is 21.6 Å². The highest BCUT2D eigenvalue weighted by Crippen LogP contribution is 2.42. The normalized spacial score (nSPS) is 32.4. The summed E-state index contributed by atoms with van der Waals surface area (Å²) in [6.07, 6.45) is 4.85. The molecule has 0 amide bonds. The summed E-state index contributed by atoms with van der Waals surface area (Å²) in [4.78, 5) is 1.16. The lowest BCUT2D eigenvalue weighted by Crippen LogP contribution is -2.30. The first-order valence-electron chi connectivity index (χ1n) is 5.03. The van der Waals surface area contributed by atoms with Gasteiger partial charge in [0, 0.05) is 10.1 Å². The van der Waals surface area contributed by atoms with Gasteiger partial charge in [-0.05, 0) is 39.2 Å². The summed E-state index contributed by atoms with van der Waals surface area (Å²) in [6, 6.07) is 1.98. The van der Waals surface area contributed by atoms with Gasteiger partial charge in [-0.2, -0.15) is 0 Å². The zero-order valence-electron chi connectivity index (χ0n) is 8.62. The first-order chi connectivity index (χ1) is 6.59. The van der Waals surface area contributed by atoms with Gasteiger partial charge < -0.3 is 9.52 Å². The van der Waals surface area contributed by atoms with Crippen LogP contribution in [0.3, 0.4) is 0 Å². The average molecular weight is 212 g/mol. The minimum atomic E-state index is -0.506. The number of rotatable bonds is 2. The topological polar surface area (TPSA) is 33.4 Å². The third-order valence-electron chi connectivity index (χ3n) is 2.92. The first kappa shape index (κ1) is 10.1. The van der Waals surface area contributed by atoms with Gasteiger partial charge in [-0.1, -0.05) is 0 Å². The molecule has 0 aromatic carbocycles. The molecule has 0 aliphatic heterocycles. The van der Waals surface area contributed by atoms with E-state index in [9.17, 15) is 5.11 Å². The van der Waals surface area contributed by atoms with Gasteiger partial charge in [0.25, 0.3) is 0 Å². The van der Waals surface area contributed by atoms with Gasteiger partial charge in [-0.3, -0.25) is 0 Å². The Kier molecular flexibility index (Phi) is 2.62. The molecule has 3 heteroatoms. The summed E-state index contributed by atoms with van der Waals surface area (Å²) in [5, 5.41) is 10.4. The van der Waals surface area contributed by atoms with Crippen molar-refractivity contribution in [2.24, 2.45) is 0 Å². The predicted octanol–water partition coefficient (Wildman–Crippen LogP) is 2.98. The molecule has 1 saturated carbocycles. The molecule has 14 heavy (non-hydrogen) atoms. The van der Waals surface area contributed by atoms with Crippen molar-refractivity contribution >= 4 is 11.8 Å². The van der Waals surface area contributed by atoms with E-state index in [1.807, 2.05) is 19.9 Å². The molecule has 1 N–H and O–H groups in total. The monoisotopic (exact) mass is 212 g/mol. The van der Waals surface area contributed by atoms with E-state index in [0.717, 1.165) is 29.9 Å². The second kappa shape index (κ2) is 3.63. The molecule has 1 aromatic heterocycles. The van der Waals surface area contributed by atoms with E-state index in [1.54, 1.807) is 18.0 Å². The summed E-state index contributed by atoms with van der Waals surface area (Å²) in [6.45, 7) is 3.90. The summed E-state index contributed by atoms with van der Waals surface area (Å²) in [5.41, 5.74) is -0.506. The Balaban J connectivity index is 2.08. The van der Waals surface area contributed by atoms with E-state index < -0.39 is 5.60 Å². The Morgan fingerprint density at radius 3 is 2.93 bits per heavy atom. The van der Waals surface area contributed by atoms with E-state index in [2.05, 4.69) is 0 Å². The molecule has 1 fully saturated rings. The maximum atomic E-state index is 10.1. The second-order valence-corrected chi connectivity index (χ2v) is 5.44. The van der Waals surface area contributed by atoms with E-state index >= 15 is 0 Å². The highest BCUT2D eigenvalue weighted by atomic mass is 32.2. The fourth-order valence-corrected chi connectivity index (χ4v) is 3.26. The molecule has 78 valence electrons. The minimum Gasteiger partial charge on any atom is -0.468 e. The molecule has 1 aliphatic carbocycles. The quantitative estimate of drug-likeness (QED) is 0.818. The molecule has 1 heterocycles. The summed E-state index contributed by atoms with van der Waals surface area (Å²) in [7, 11) is 0. The highest BCUT2D eigenvalue weighted by Gasteiger charge is 2.37. The standard InChI is InChI=1S/C11H16O2S/c1-8-9(5-7-13-8)14-10-4-3-6-11(10,2)12/h5,7,10,12H,3-4,6H2,1-2H3. The van der Waals surface area contributed by atoms with Crippen molar-refractivity contribution in [3.63, 3.8) is 0 Å². The Bertz CT molecular complexity index is 317. The van der Waals surface area contributed by atoms with Crippen molar-refractivity contribution < 1.29 is 9.52 Å². The van der Waals surface area contributed by atoms with Crippen LogP contribution in [0.2, 0.25) is 0 Å². The number of aryl methyl sites for hydroxylation is 1. The van der Waals surface area contributed by atoms with Crippen LogP contribution in [-0.4, -0.2) is 16.0 Å². The lowest BCUT2D eigenvalue weighted by molar-refractivity contribution is 0.0734. The lowest BCUT2D eigenvalue weighted by atomic mass is 10.1. The van der Waals surface area contributed by atoms with Gasteiger partial charge in [0.05, 0.1) is 11.9 Å². The van der Waals surface area contributed by atoms with Gasteiger partial charge in [0.15, 0.2) is 0 Å². The van der Waals surface area contributed by atoms with Crippen molar-refractivity contribution in [1.82, 2.24) is 0 Å². The predicted molar refractivity (Wildman–Crippen MR) is 57.6 cm³/mol.